The first-order valence-corrected chi connectivity index (χ1v) is 20.8. The number of alkyl halides is 1. The number of allylic oxidation sites excluding steroid dienone is 4. The highest BCUT2D eigenvalue weighted by Crippen LogP contribution is 2.24. The van der Waals surface area contributed by atoms with E-state index in [1.54, 1.807) is 0 Å². The van der Waals surface area contributed by atoms with Crippen LogP contribution in [0, 0.1) is 0 Å². The van der Waals surface area contributed by atoms with E-state index in [1.807, 2.05) is 0 Å². The smallest absolute Gasteiger partial charge is 0.314 e. The molecule has 11 heteroatoms. The third-order valence-electron chi connectivity index (χ3n) is 7.74. The van der Waals surface area contributed by atoms with Gasteiger partial charge in [-0.1, -0.05) is 111 Å². The zero-order chi connectivity index (χ0) is 35.3. The fraction of sp³-hybridized carbons (Fsp3) is 0.784. The summed E-state index contributed by atoms with van der Waals surface area (Å²) in [6.45, 7) is 7.36. The van der Waals surface area contributed by atoms with Crippen molar-refractivity contribution < 1.29 is 19.2 Å². The summed E-state index contributed by atoms with van der Waals surface area (Å²) in [5, 5.41) is 14.6. The second-order valence-electron chi connectivity index (χ2n) is 12.3. The number of carbonyl (C=O) groups is 4. The van der Waals surface area contributed by atoms with E-state index in [9.17, 15) is 19.2 Å². The maximum absolute atomic E-state index is 11.5. The van der Waals surface area contributed by atoms with Crippen LogP contribution in [-0.2, 0) is 4.79 Å². The molecular weight excluding hydrogens is 690 g/mol. The number of amides is 6. The van der Waals surface area contributed by atoms with Gasteiger partial charge in [-0.25, -0.2) is 9.59 Å². The van der Waals surface area contributed by atoms with E-state index >= 15 is 0 Å². The van der Waals surface area contributed by atoms with Crippen LogP contribution in [0.3, 0.4) is 0 Å². The van der Waals surface area contributed by atoms with E-state index in [0.29, 0.717) is 0 Å². The van der Waals surface area contributed by atoms with Crippen LogP contribution >= 0.6 is 27.7 Å². The average Bonchev–Trinajstić information content (AvgIpc) is 3.40. The maximum Gasteiger partial charge on any atom is 0.314 e. The molecule has 0 aromatic rings. The minimum absolute atomic E-state index is 0.0200. The minimum atomic E-state index is -0.212. The van der Waals surface area contributed by atoms with Crippen molar-refractivity contribution in [3.63, 3.8) is 0 Å². The molecule has 0 aliphatic carbocycles. The first-order valence-electron chi connectivity index (χ1n) is 18.8. The van der Waals surface area contributed by atoms with Crippen LogP contribution in [-0.4, -0.2) is 60.0 Å². The number of carbonyl (C=O) groups excluding carboxylic acids is 4. The van der Waals surface area contributed by atoms with Crippen LogP contribution in [0.5, 0.6) is 0 Å². The van der Waals surface area contributed by atoms with Gasteiger partial charge in [0.15, 0.2) is 0 Å². The molecule has 1 atom stereocenters. The molecule has 48 heavy (non-hydrogen) atoms. The van der Waals surface area contributed by atoms with E-state index in [2.05, 4.69) is 80.7 Å². The Hall–Kier alpha value is -2.01. The van der Waals surface area contributed by atoms with Crippen molar-refractivity contribution >= 4 is 50.9 Å². The van der Waals surface area contributed by atoms with Crippen LogP contribution in [0.15, 0.2) is 24.3 Å². The Morgan fingerprint density at radius 2 is 1.00 bits per heavy atom. The Morgan fingerprint density at radius 3 is 1.38 bits per heavy atom. The third kappa shape index (κ3) is 32.5. The topological polar surface area (TPSA) is 128 Å². The highest BCUT2D eigenvalue weighted by Gasteiger charge is 2.30. The third-order valence-corrected chi connectivity index (χ3v) is 9.35. The van der Waals surface area contributed by atoms with Crippen LogP contribution in [0.4, 0.5) is 14.4 Å². The first-order chi connectivity index (χ1) is 23.4. The molecule has 1 heterocycles. The fourth-order valence-electron chi connectivity index (χ4n) is 4.81. The second kappa shape index (κ2) is 36.3. The summed E-state index contributed by atoms with van der Waals surface area (Å²) in [5.41, 5.74) is 0. The van der Waals surface area contributed by atoms with E-state index < -0.39 is 0 Å². The van der Waals surface area contributed by atoms with Crippen molar-refractivity contribution in [3.8, 4) is 0 Å². The van der Waals surface area contributed by atoms with Gasteiger partial charge in [-0.15, -0.1) is 0 Å². The van der Waals surface area contributed by atoms with Gasteiger partial charge in [0.25, 0.3) is 5.24 Å². The highest BCUT2D eigenvalue weighted by atomic mass is 79.9. The number of nitrogens with one attached hydrogen (secondary N) is 5. The summed E-state index contributed by atoms with van der Waals surface area (Å²) in [7, 11) is 0. The lowest BCUT2D eigenvalue weighted by Crippen LogP contribution is -2.36. The number of urea groups is 2. The molecule has 0 bridgehead atoms. The van der Waals surface area contributed by atoms with Gasteiger partial charge in [0.2, 0.25) is 5.91 Å². The van der Waals surface area contributed by atoms with Gasteiger partial charge in [-0.05, 0) is 89.9 Å². The molecule has 1 aliphatic heterocycles. The molecule has 1 unspecified atom stereocenters. The van der Waals surface area contributed by atoms with Crippen molar-refractivity contribution in [3.05, 3.63) is 24.3 Å². The van der Waals surface area contributed by atoms with Gasteiger partial charge in [-0.3, -0.25) is 14.9 Å². The second-order valence-corrected chi connectivity index (χ2v) is 14.2. The summed E-state index contributed by atoms with van der Waals surface area (Å²) in [6.07, 6.45) is 32.4. The van der Waals surface area contributed by atoms with Crippen molar-refractivity contribution in [2.45, 2.75) is 154 Å². The van der Waals surface area contributed by atoms with Gasteiger partial charge >= 0.3 is 12.1 Å². The molecule has 0 aromatic carbocycles. The fourth-order valence-corrected chi connectivity index (χ4v) is 6.08. The lowest BCUT2D eigenvalue weighted by atomic mass is 10.1. The molecule has 1 rings (SSSR count). The van der Waals surface area contributed by atoms with Crippen molar-refractivity contribution in [2.24, 2.45) is 0 Å². The summed E-state index contributed by atoms with van der Waals surface area (Å²) >= 11 is 4.56. The van der Waals surface area contributed by atoms with Crippen LogP contribution in [0.1, 0.15) is 149 Å². The molecule has 0 spiro atoms. The number of rotatable bonds is 29. The number of unbranched alkanes of at least 4 members (excludes halogenated alkanes) is 14. The Labute approximate surface area is 305 Å². The summed E-state index contributed by atoms with van der Waals surface area (Å²) in [4.78, 5) is 45.4. The molecule has 278 valence electrons. The van der Waals surface area contributed by atoms with E-state index in [1.165, 1.54) is 38.5 Å². The van der Waals surface area contributed by atoms with Crippen LogP contribution in [0.25, 0.3) is 0 Å². The normalized spacial score (nSPS) is 14.2. The molecule has 6 amide bonds. The minimum Gasteiger partial charge on any atom is -0.338 e. The van der Waals surface area contributed by atoms with Gasteiger partial charge in [-0.2, -0.15) is 0 Å². The van der Waals surface area contributed by atoms with Gasteiger partial charge in [0.05, 0.1) is 5.25 Å². The predicted molar refractivity (Wildman–Crippen MR) is 208 cm³/mol. The molecule has 1 aliphatic rings. The zero-order valence-corrected chi connectivity index (χ0v) is 32.6. The molecule has 0 saturated carbocycles. The Bertz CT molecular complexity index is 875. The highest BCUT2D eigenvalue weighted by molar-refractivity contribution is 9.09. The SMILES string of the molecule is CCCCCNC(=O)NCCCC/C=C\CCCCCBr.CCCCCNC(=O)NCCCC/C=C\CCCCCC1SC(=O)NC1=O. The lowest BCUT2D eigenvalue weighted by molar-refractivity contribution is -0.119. The predicted octanol–water partition coefficient (Wildman–Crippen LogP) is 9.66. The molecular formula is C37H68BrN5O4S. The first kappa shape index (κ1) is 46.0. The number of hydrogen-bond acceptors (Lipinski definition) is 5. The number of imide groups is 1. The molecule has 5 N–H and O–H groups in total. The monoisotopic (exact) mass is 757 g/mol. The van der Waals surface area contributed by atoms with Crippen molar-refractivity contribution in [1.29, 1.82) is 0 Å². The number of hydrogen-bond donors (Lipinski definition) is 5. The van der Waals surface area contributed by atoms with Crippen LogP contribution in [0.2, 0.25) is 0 Å². The van der Waals surface area contributed by atoms with Crippen LogP contribution < -0.4 is 26.6 Å². The molecule has 0 aromatic heterocycles. The molecule has 9 nitrogen and oxygen atoms in total. The van der Waals surface area contributed by atoms with Crippen molar-refractivity contribution in [2.75, 3.05) is 31.5 Å². The maximum atomic E-state index is 11.5. The average molecular weight is 759 g/mol. The van der Waals surface area contributed by atoms with E-state index in [0.717, 1.165) is 140 Å². The Morgan fingerprint density at radius 1 is 0.604 bits per heavy atom. The molecule has 1 fully saturated rings. The Balaban J connectivity index is 0.000000952. The quantitative estimate of drug-likeness (QED) is 0.0295. The van der Waals surface area contributed by atoms with Gasteiger partial charge in [0, 0.05) is 31.5 Å². The zero-order valence-electron chi connectivity index (χ0n) is 30.2. The molecule has 1 saturated heterocycles. The Kier molecular flexibility index (Phi) is 34.8. The lowest BCUT2D eigenvalue weighted by Gasteiger charge is -2.06. The largest absolute Gasteiger partial charge is 0.338 e. The summed E-state index contributed by atoms with van der Waals surface area (Å²) in [5.74, 6) is -0.131. The van der Waals surface area contributed by atoms with E-state index in [-0.39, 0.29) is 28.5 Å². The van der Waals surface area contributed by atoms with Crippen molar-refractivity contribution in [1.82, 2.24) is 26.6 Å². The van der Waals surface area contributed by atoms with E-state index in [4.69, 9.17) is 0 Å². The number of thioether (sulfide) groups is 1. The molecule has 0 radical (unpaired) electrons. The summed E-state index contributed by atoms with van der Waals surface area (Å²) in [6, 6.07) is -0.0760. The summed E-state index contributed by atoms with van der Waals surface area (Å²) < 4.78 is 0. The van der Waals surface area contributed by atoms with Gasteiger partial charge < -0.3 is 21.3 Å². The standard InChI is InChI=1S/C20H35N3O3S.C17H33BrN2O/c1-2-3-12-15-21-19(25)22-16-13-10-8-6-4-5-7-9-11-14-17-18(24)23-20(26)27-17;1-2-3-12-15-19-17(21)20-16-13-10-8-6-4-5-7-9-11-14-18/h4,6,17H,2-3,5,7-16H2,1H3,(H2,21,22,25)(H,23,24,26);4,6H,2-3,5,7-16H2,1H3,(H2,19,20,21)/b2*6-4-. The number of halogens is 1. The van der Waals surface area contributed by atoms with Gasteiger partial charge in [0.1, 0.15) is 0 Å².